The molecule has 0 bridgehead atoms. The van der Waals surface area contributed by atoms with Crippen molar-refractivity contribution >= 4 is 11.7 Å². The zero-order valence-electron chi connectivity index (χ0n) is 17.2. The smallest absolute Gasteiger partial charge is 0.226 e. The van der Waals surface area contributed by atoms with E-state index in [-0.39, 0.29) is 23.2 Å². The van der Waals surface area contributed by atoms with Gasteiger partial charge in [0.15, 0.2) is 5.82 Å². The summed E-state index contributed by atoms with van der Waals surface area (Å²) in [6.45, 7) is 4.16. The summed E-state index contributed by atoms with van der Waals surface area (Å²) in [6, 6.07) is 11.2. The Morgan fingerprint density at radius 2 is 1.93 bits per heavy atom. The highest BCUT2D eigenvalue weighted by atomic mass is 16.5. The quantitative estimate of drug-likeness (QED) is 0.718. The number of Topliss-reactive ketones (excluding diaryl/α,β-unsaturated/α-hetero) is 1. The van der Waals surface area contributed by atoms with Crippen LogP contribution in [0.2, 0.25) is 0 Å². The molecule has 0 saturated heterocycles. The molecular weight excluding hydrogens is 378 g/mol. The van der Waals surface area contributed by atoms with Crippen molar-refractivity contribution in [1.29, 1.82) is 0 Å². The molecule has 1 N–H and O–H groups in total. The third-order valence-corrected chi connectivity index (χ3v) is 5.72. The molecule has 7 heteroatoms. The second-order valence-electron chi connectivity index (χ2n) is 8.46. The molecule has 5 rings (SSSR count). The first-order chi connectivity index (χ1) is 14.5. The second kappa shape index (κ2) is 6.79. The highest BCUT2D eigenvalue weighted by Gasteiger charge is 2.45. The second-order valence-corrected chi connectivity index (χ2v) is 8.46. The molecule has 3 aromatic rings. The van der Waals surface area contributed by atoms with Crippen molar-refractivity contribution in [3.63, 3.8) is 0 Å². The van der Waals surface area contributed by atoms with E-state index in [0.717, 1.165) is 22.6 Å². The number of rotatable bonds is 3. The van der Waals surface area contributed by atoms with Crippen molar-refractivity contribution < 1.29 is 9.53 Å². The summed E-state index contributed by atoms with van der Waals surface area (Å²) < 4.78 is 7.47. The molecule has 1 aliphatic heterocycles. The van der Waals surface area contributed by atoms with Crippen molar-refractivity contribution in [1.82, 2.24) is 19.7 Å². The van der Waals surface area contributed by atoms with Crippen LogP contribution in [-0.2, 0) is 4.79 Å². The Balaban J connectivity index is 1.73. The summed E-state index contributed by atoms with van der Waals surface area (Å²) in [5.74, 6) is 1.76. The Bertz CT molecular complexity index is 1150. The van der Waals surface area contributed by atoms with E-state index in [0.29, 0.717) is 18.2 Å². The van der Waals surface area contributed by atoms with Crippen LogP contribution in [0.15, 0.2) is 60.6 Å². The number of nitrogens with zero attached hydrogens (tertiary/aromatic N) is 4. The van der Waals surface area contributed by atoms with Gasteiger partial charge in [-0.05, 0) is 23.6 Å². The zero-order chi connectivity index (χ0) is 20.9. The lowest BCUT2D eigenvalue weighted by Gasteiger charge is -2.40. The van der Waals surface area contributed by atoms with Crippen molar-refractivity contribution in [2.45, 2.75) is 26.3 Å². The number of nitrogens with one attached hydrogen (secondary N) is 1. The minimum atomic E-state index is -0.367. The number of aromatic nitrogens is 4. The Morgan fingerprint density at radius 3 is 2.70 bits per heavy atom. The van der Waals surface area contributed by atoms with Gasteiger partial charge in [-0.1, -0.05) is 38.1 Å². The van der Waals surface area contributed by atoms with Gasteiger partial charge in [0, 0.05) is 35.6 Å². The van der Waals surface area contributed by atoms with Crippen LogP contribution in [-0.4, -0.2) is 32.6 Å². The number of allylic oxidation sites excluding steroid dienone is 2. The Labute approximate surface area is 174 Å². The summed E-state index contributed by atoms with van der Waals surface area (Å²) >= 11 is 0. The number of carbonyl (C=O) groups is 1. The van der Waals surface area contributed by atoms with Crippen molar-refractivity contribution in [3.8, 4) is 17.1 Å². The number of carbonyl (C=O) groups excluding carboxylic acids is 1. The largest absolute Gasteiger partial charge is 0.496 e. The molecule has 152 valence electrons. The van der Waals surface area contributed by atoms with E-state index in [1.165, 1.54) is 0 Å². The van der Waals surface area contributed by atoms with E-state index in [1.807, 2.05) is 41.1 Å². The topological polar surface area (TPSA) is 81.9 Å². The van der Waals surface area contributed by atoms with Crippen LogP contribution in [0, 0.1) is 11.3 Å². The van der Waals surface area contributed by atoms with Crippen LogP contribution >= 0.6 is 0 Å². The van der Waals surface area contributed by atoms with Gasteiger partial charge < -0.3 is 10.1 Å². The minimum absolute atomic E-state index is 0.188. The molecule has 7 nitrogen and oxygen atoms in total. The third-order valence-electron chi connectivity index (χ3n) is 5.72. The summed E-state index contributed by atoms with van der Waals surface area (Å²) in [6.07, 6.45) is 6.07. The molecule has 2 aromatic heterocycles. The molecule has 30 heavy (non-hydrogen) atoms. The molecule has 1 aliphatic carbocycles. The molecule has 0 unspecified atom stereocenters. The standard InChI is InChI=1S/C23H23N5O2/c1-23(2)12-16-19(17(29)13-23)20(15-6-4-5-7-18(15)30-3)28-22(25-16)26-21(27-28)14-8-10-24-11-9-14/h4-12,19-20H,13H2,1-3H3,(H,25,26,27)/t19-,20-/m1/s1. The fraction of sp³-hybridized carbons (Fsp3) is 0.304. The first kappa shape index (κ1) is 18.5. The fourth-order valence-electron chi connectivity index (χ4n) is 4.47. The zero-order valence-corrected chi connectivity index (χ0v) is 17.2. The maximum absolute atomic E-state index is 13.3. The van der Waals surface area contributed by atoms with E-state index in [4.69, 9.17) is 14.8 Å². The maximum atomic E-state index is 13.3. The van der Waals surface area contributed by atoms with Gasteiger partial charge in [-0.2, -0.15) is 4.98 Å². The van der Waals surface area contributed by atoms with Gasteiger partial charge in [-0.3, -0.25) is 9.78 Å². The average Bonchev–Trinajstić information content (AvgIpc) is 3.15. The van der Waals surface area contributed by atoms with Crippen LogP contribution in [0.5, 0.6) is 5.75 Å². The number of methoxy groups -OCH3 is 1. The molecular formula is C23H23N5O2. The highest BCUT2D eigenvalue weighted by Crippen LogP contribution is 2.47. The number of benzene rings is 1. The number of pyridine rings is 1. The minimum Gasteiger partial charge on any atom is -0.496 e. The predicted molar refractivity (Wildman–Crippen MR) is 113 cm³/mol. The predicted octanol–water partition coefficient (Wildman–Crippen LogP) is 3.86. The Morgan fingerprint density at radius 1 is 1.17 bits per heavy atom. The van der Waals surface area contributed by atoms with Gasteiger partial charge in [0.25, 0.3) is 0 Å². The molecule has 1 aromatic carbocycles. The number of hydrogen-bond donors (Lipinski definition) is 1. The fourth-order valence-corrected chi connectivity index (χ4v) is 4.47. The van der Waals surface area contributed by atoms with Gasteiger partial charge >= 0.3 is 0 Å². The lowest BCUT2D eigenvalue weighted by atomic mass is 9.72. The van der Waals surface area contributed by atoms with Crippen molar-refractivity contribution in [2.24, 2.45) is 11.3 Å². The SMILES string of the molecule is COc1ccccc1[C@@H]1[C@H]2C(=O)CC(C)(C)C=C2Nc2nc(-c3ccncc3)nn21. The lowest BCUT2D eigenvalue weighted by molar-refractivity contribution is -0.125. The Kier molecular flexibility index (Phi) is 4.20. The summed E-state index contributed by atoms with van der Waals surface area (Å²) in [5, 5.41) is 8.18. The van der Waals surface area contributed by atoms with E-state index in [2.05, 4.69) is 30.2 Å². The van der Waals surface area contributed by atoms with E-state index in [9.17, 15) is 4.79 Å². The monoisotopic (exact) mass is 401 g/mol. The molecule has 0 spiro atoms. The van der Waals surface area contributed by atoms with Gasteiger partial charge in [-0.15, -0.1) is 5.10 Å². The summed E-state index contributed by atoms with van der Waals surface area (Å²) in [5.41, 5.74) is 2.46. The van der Waals surface area contributed by atoms with Gasteiger partial charge in [0.1, 0.15) is 11.5 Å². The number of ketones is 1. The molecule has 3 heterocycles. The van der Waals surface area contributed by atoms with Gasteiger partial charge in [-0.25, -0.2) is 4.68 Å². The van der Waals surface area contributed by atoms with Crippen molar-refractivity contribution in [2.75, 3.05) is 12.4 Å². The van der Waals surface area contributed by atoms with Gasteiger partial charge in [0.2, 0.25) is 5.95 Å². The number of fused-ring (bicyclic) bond motifs is 2. The van der Waals surface area contributed by atoms with Crippen LogP contribution < -0.4 is 10.1 Å². The normalized spacial score (nSPS) is 21.8. The number of para-hydroxylation sites is 1. The summed E-state index contributed by atoms with van der Waals surface area (Å²) in [7, 11) is 1.65. The van der Waals surface area contributed by atoms with Crippen LogP contribution in [0.1, 0.15) is 31.9 Å². The first-order valence-electron chi connectivity index (χ1n) is 9.99. The third kappa shape index (κ3) is 2.98. The number of hydrogen-bond acceptors (Lipinski definition) is 6. The number of ether oxygens (including phenoxy) is 1. The van der Waals surface area contributed by atoms with Gasteiger partial charge in [0.05, 0.1) is 19.1 Å². The summed E-state index contributed by atoms with van der Waals surface area (Å²) in [4.78, 5) is 22.1. The maximum Gasteiger partial charge on any atom is 0.226 e. The van der Waals surface area contributed by atoms with Crippen LogP contribution in [0.25, 0.3) is 11.4 Å². The van der Waals surface area contributed by atoms with E-state index < -0.39 is 0 Å². The molecule has 0 saturated carbocycles. The van der Waals surface area contributed by atoms with Crippen LogP contribution in [0.3, 0.4) is 0 Å². The molecule has 0 radical (unpaired) electrons. The lowest BCUT2D eigenvalue weighted by Crippen LogP contribution is -2.42. The Hall–Kier alpha value is -3.48. The number of anilines is 1. The molecule has 0 amide bonds. The molecule has 0 fully saturated rings. The first-order valence-corrected chi connectivity index (χ1v) is 9.99. The van der Waals surface area contributed by atoms with E-state index >= 15 is 0 Å². The van der Waals surface area contributed by atoms with Crippen LogP contribution in [0.4, 0.5) is 5.95 Å². The highest BCUT2D eigenvalue weighted by molar-refractivity contribution is 5.88. The molecule has 2 aliphatic rings. The van der Waals surface area contributed by atoms with E-state index in [1.54, 1.807) is 19.5 Å². The molecule has 2 atom stereocenters. The average molecular weight is 401 g/mol. The van der Waals surface area contributed by atoms with Crippen molar-refractivity contribution in [3.05, 3.63) is 66.1 Å².